The molecule has 0 radical (unpaired) electrons. The number of methoxy groups -OCH3 is 1. The van der Waals surface area contributed by atoms with E-state index < -0.39 is 0 Å². The number of ether oxygens (including phenoxy) is 1. The third kappa shape index (κ3) is 3.32. The zero-order chi connectivity index (χ0) is 19.7. The number of nitriles is 1. The summed E-state index contributed by atoms with van der Waals surface area (Å²) in [5, 5.41) is 10.5. The molecule has 4 rings (SSSR count). The first-order valence-corrected chi connectivity index (χ1v) is 9.81. The lowest BCUT2D eigenvalue weighted by Gasteiger charge is -2.42. The molecule has 2 aromatic rings. The molecule has 2 aromatic carbocycles. The van der Waals surface area contributed by atoms with Crippen molar-refractivity contribution in [3.63, 3.8) is 0 Å². The van der Waals surface area contributed by atoms with E-state index in [-0.39, 0.29) is 24.1 Å². The molecule has 0 saturated carbocycles. The minimum Gasteiger partial charge on any atom is -0.497 e. The summed E-state index contributed by atoms with van der Waals surface area (Å²) in [5.41, 5.74) is 2.35. The molecule has 0 spiro atoms. The Morgan fingerprint density at radius 2 is 1.89 bits per heavy atom. The molecule has 142 valence electrons. The van der Waals surface area contributed by atoms with Crippen molar-refractivity contribution in [1.82, 2.24) is 4.90 Å². The monoisotopic (exact) mass is 395 g/mol. The molecule has 7 heteroatoms. The van der Waals surface area contributed by atoms with Crippen LogP contribution >= 0.6 is 11.8 Å². The van der Waals surface area contributed by atoms with E-state index in [1.165, 1.54) is 23.9 Å². The van der Waals surface area contributed by atoms with Crippen molar-refractivity contribution in [2.24, 2.45) is 0 Å². The summed E-state index contributed by atoms with van der Waals surface area (Å²) in [5.74, 6) is 0.712. The van der Waals surface area contributed by atoms with Crippen molar-refractivity contribution < 1.29 is 13.9 Å². The lowest BCUT2D eigenvalue weighted by molar-refractivity contribution is -0.129. The molecule has 1 atom stereocenters. The first-order valence-electron chi connectivity index (χ1n) is 8.82. The van der Waals surface area contributed by atoms with Crippen LogP contribution in [-0.2, 0) is 4.79 Å². The highest BCUT2D eigenvalue weighted by Crippen LogP contribution is 2.43. The predicted molar refractivity (Wildman–Crippen MR) is 106 cm³/mol. The van der Waals surface area contributed by atoms with Gasteiger partial charge >= 0.3 is 0 Å². The largest absolute Gasteiger partial charge is 0.497 e. The van der Waals surface area contributed by atoms with Crippen molar-refractivity contribution in [2.75, 3.05) is 24.6 Å². The molecule has 5 nitrogen and oxygen atoms in total. The van der Waals surface area contributed by atoms with Gasteiger partial charge in [0.2, 0.25) is 5.91 Å². The minimum atomic E-state index is -0.333. The van der Waals surface area contributed by atoms with E-state index >= 15 is 0 Å². The number of carbonyl (C=O) groups excluding carboxylic acids is 1. The number of hydrogen-bond acceptors (Lipinski definition) is 5. The van der Waals surface area contributed by atoms with E-state index in [0.717, 1.165) is 17.0 Å². The lowest BCUT2D eigenvalue weighted by atomic mass is 9.86. The van der Waals surface area contributed by atoms with Crippen molar-refractivity contribution in [3.8, 4) is 11.8 Å². The molecule has 1 saturated heterocycles. The van der Waals surface area contributed by atoms with E-state index in [1.54, 1.807) is 24.1 Å². The minimum absolute atomic E-state index is 0.0333. The van der Waals surface area contributed by atoms with Crippen LogP contribution in [0.3, 0.4) is 0 Å². The molecule has 0 aromatic heterocycles. The fourth-order valence-corrected chi connectivity index (χ4v) is 4.67. The van der Waals surface area contributed by atoms with Gasteiger partial charge in [0, 0.05) is 18.0 Å². The number of nitrogens with zero attached hydrogens (tertiary/aromatic N) is 3. The third-order valence-electron chi connectivity index (χ3n) is 5.00. The molecule has 1 fully saturated rings. The van der Waals surface area contributed by atoms with E-state index in [1.807, 2.05) is 24.3 Å². The zero-order valence-corrected chi connectivity index (χ0v) is 16.1. The number of allylic oxidation sites excluding steroid dienone is 1. The number of fused-ring (bicyclic) bond motifs is 1. The quantitative estimate of drug-likeness (QED) is 0.785. The van der Waals surface area contributed by atoms with Crippen LogP contribution in [0.1, 0.15) is 17.9 Å². The summed E-state index contributed by atoms with van der Waals surface area (Å²) in [7, 11) is 1.62. The Hall–Kier alpha value is -2.98. The van der Waals surface area contributed by atoms with Crippen LogP contribution in [0, 0.1) is 17.1 Å². The van der Waals surface area contributed by atoms with E-state index in [4.69, 9.17) is 4.74 Å². The zero-order valence-electron chi connectivity index (χ0n) is 15.3. The molecule has 2 aliphatic heterocycles. The molecule has 2 heterocycles. The van der Waals surface area contributed by atoms with Gasteiger partial charge in [0.15, 0.2) is 0 Å². The van der Waals surface area contributed by atoms with Gasteiger partial charge in [-0.15, -0.1) is 0 Å². The molecular weight excluding hydrogens is 377 g/mol. The molecule has 28 heavy (non-hydrogen) atoms. The van der Waals surface area contributed by atoms with Crippen LogP contribution < -0.4 is 9.64 Å². The Bertz CT molecular complexity index is 967. The van der Waals surface area contributed by atoms with Gasteiger partial charge in [-0.25, -0.2) is 4.39 Å². The maximum Gasteiger partial charge on any atom is 0.229 e. The Morgan fingerprint density at radius 3 is 2.54 bits per heavy atom. The van der Waals surface area contributed by atoms with Crippen molar-refractivity contribution >= 4 is 23.4 Å². The fourth-order valence-electron chi connectivity index (χ4n) is 3.50. The SMILES string of the molecule is COc1ccc(N2CSC3=C(C#N)[C@H](c4ccc(F)cc4)CC(=O)N3C2)cc1. The highest BCUT2D eigenvalue weighted by atomic mass is 32.2. The predicted octanol–water partition coefficient (Wildman–Crippen LogP) is 4.05. The third-order valence-corrected chi connectivity index (χ3v) is 6.16. The number of hydrogen-bond donors (Lipinski definition) is 0. The number of thioether (sulfide) groups is 1. The van der Waals surface area contributed by atoms with Crippen molar-refractivity contribution in [1.29, 1.82) is 5.26 Å². The standard InChI is InChI=1S/C21H18FN3O2S/c1-27-17-8-6-16(7-9-17)24-12-25-20(26)10-18(14-2-4-15(22)5-3-14)19(11-23)21(25)28-13-24/h2-9,18H,10,12-13H2,1H3/t18-/m0/s1. The van der Waals surface area contributed by atoms with Gasteiger partial charge in [-0.1, -0.05) is 23.9 Å². The van der Waals surface area contributed by atoms with Gasteiger partial charge in [0.1, 0.15) is 11.6 Å². The van der Waals surface area contributed by atoms with Crippen LogP contribution in [-0.4, -0.2) is 30.5 Å². The smallest absolute Gasteiger partial charge is 0.229 e. The molecular formula is C21H18FN3O2S. The summed E-state index contributed by atoms with van der Waals surface area (Å²) in [4.78, 5) is 16.6. The Kier molecular flexibility index (Phi) is 4.97. The summed E-state index contributed by atoms with van der Waals surface area (Å²) in [6.45, 7) is 0.398. The van der Waals surface area contributed by atoms with Gasteiger partial charge in [0.05, 0.1) is 36.3 Å². The number of benzene rings is 2. The summed E-state index contributed by atoms with van der Waals surface area (Å²) in [6.07, 6.45) is 0.203. The van der Waals surface area contributed by atoms with Crippen LogP contribution in [0.15, 0.2) is 59.1 Å². The van der Waals surface area contributed by atoms with Gasteiger partial charge in [-0.3, -0.25) is 9.69 Å². The van der Waals surface area contributed by atoms with E-state index in [2.05, 4.69) is 11.0 Å². The molecule has 0 aliphatic carbocycles. The lowest BCUT2D eigenvalue weighted by Crippen LogP contribution is -2.47. The molecule has 0 N–H and O–H groups in total. The topological polar surface area (TPSA) is 56.6 Å². The number of carbonyl (C=O) groups is 1. The average molecular weight is 395 g/mol. The number of halogens is 1. The van der Waals surface area contributed by atoms with Gasteiger partial charge in [-0.2, -0.15) is 5.26 Å². The van der Waals surface area contributed by atoms with Crippen LogP contribution in [0.4, 0.5) is 10.1 Å². The summed E-state index contributed by atoms with van der Waals surface area (Å²) in [6, 6.07) is 16.0. The second-order valence-corrected chi connectivity index (χ2v) is 7.55. The average Bonchev–Trinajstić information content (AvgIpc) is 2.74. The second-order valence-electron chi connectivity index (χ2n) is 6.61. The Balaban J connectivity index is 1.62. The summed E-state index contributed by atoms with van der Waals surface area (Å²) >= 11 is 1.48. The normalized spacial score (nSPS) is 19.3. The van der Waals surface area contributed by atoms with Crippen LogP contribution in [0.2, 0.25) is 0 Å². The van der Waals surface area contributed by atoms with E-state index in [9.17, 15) is 14.4 Å². The Morgan fingerprint density at radius 1 is 1.18 bits per heavy atom. The Labute approximate surface area is 167 Å². The molecule has 0 unspecified atom stereocenters. The molecule has 1 amide bonds. The van der Waals surface area contributed by atoms with Crippen molar-refractivity contribution in [2.45, 2.75) is 12.3 Å². The van der Waals surface area contributed by atoms with Crippen LogP contribution in [0.25, 0.3) is 0 Å². The van der Waals surface area contributed by atoms with Gasteiger partial charge < -0.3 is 9.64 Å². The first-order chi connectivity index (χ1) is 13.6. The summed E-state index contributed by atoms with van der Waals surface area (Å²) < 4.78 is 18.5. The first kappa shape index (κ1) is 18.4. The highest BCUT2D eigenvalue weighted by Gasteiger charge is 2.38. The maximum absolute atomic E-state index is 13.3. The van der Waals surface area contributed by atoms with Crippen LogP contribution in [0.5, 0.6) is 5.75 Å². The van der Waals surface area contributed by atoms with Gasteiger partial charge in [-0.05, 0) is 42.0 Å². The highest BCUT2D eigenvalue weighted by molar-refractivity contribution is 8.03. The number of amides is 1. The van der Waals surface area contributed by atoms with E-state index in [0.29, 0.717) is 23.1 Å². The molecule has 0 bridgehead atoms. The number of rotatable bonds is 3. The van der Waals surface area contributed by atoms with Crippen molar-refractivity contribution in [3.05, 3.63) is 70.5 Å². The maximum atomic E-state index is 13.3. The fraction of sp³-hybridized carbons (Fsp3) is 0.238. The second kappa shape index (κ2) is 7.56. The molecule has 2 aliphatic rings. The number of anilines is 1. The van der Waals surface area contributed by atoms with Gasteiger partial charge in [0.25, 0.3) is 0 Å².